The molecule has 2 rings (SSSR count). The van der Waals surface area contributed by atoms with Gasteiger partial charge in [0.05, 0.1) is 5.56 Å². The average molecular weight is 272 g/mol. The molecule has 0 spiro atoms. The molecule has 106 valence electrons. The van der Waals surface area contributed by atoms with Crippen molar-refractivity contribution in [1.29, 1.82) is 0 Å². The van der Waals surface area contributed by atoms with Crippen LogP contribution in [-0.2, 0) is 6.54 Å². The fraction of sp³-hybridized carbons (Fsp3) is 0.333. The number of amides is 1. The lowest BCUT2D eigenvalue weighted by molar-refractivity contribution is 0.0953. The summed E-state index contributed by atoms with van der Waals surface area (Å²) in [5, 5.41) is 2.89. The molecule has 0 aliphatic carbocycles. The second-order valence-corrected chi connectivity index (χ2v) is 4.72. The van der Waals surface area contributed by atoms with Gasteiger partial charge in [-0.2, -0.15) is 0 Å². The van der Waals surface area contributed by atoms with Crippen LogP contribution < -0.4 is 11.1 Å². The van der Waals surface area contributed by atoms with E-state index < -0.39 is 0 Å². The number of benzene rings is 1. The maximum absolute atomic E-state index is 11.9. The molecule has 1 aromatic carbocycles. The standard InChI is InChI=1S/C15H20N4O/c1-12-17-9-11-19(12)10-5-4-8-18-15(20)13-6-2-3-7-14(13)16/h2-3,6-7,9,11H,4-5,8,10,16H2,1H3,(H,18,20). The summed E-state index contributed by atoms with van der Waals surface area (Å²) < 4.78 is 2.11. The number of aromatic nitrogens is 2. The lowest BCUT2D eigenvalue weighted by Gasteiger charge is -2.08. The number of nitrogen functional groups attached to an aromatic ring is 1. The molecule has 5 nitrogen and oxygen atoms in total. The topological polar surface area (TPSA) is 72.9 Å². The van der Waals surface area contributed by atoms with E-state index in [9.17, 15) is 4.79 Å². The van der Waals surface area contributed by atoms with Gasteiger partial charge in [-0.25, -0.2) is 4.98 Å². The maximum atomic E-state index is 11.9. The summed E-state index contributed by atoms with van der Waals surface area (Å²) in [6, 6.07) is 7.10. The van der Waals surface area contributed by atoms with Gasteiger partial charge in [0.25, 0.3) is 5.91 Å². The van der Waals surface area contributed by atoms with Gasteiger partial charge in [-0.1, -0.05) is 12.1 Å². The van der Waals surface area contributed by atoms with E-state index in [0.29, 0.717) is 17.8 Å². The Balaban J connectivity index is 1.70. The Bertz CT molecular complexity index is 577. The third kappa shape index (κ3) is 3.60. The predicted molar refractivity (Wildman–Crippen MR) is 79.4 cm³/mol. The van der Waals surface area contributed by atoms with E-state index in [-0.39, 0.29) is 5.91 Å². The molecule has 0 atom stereocenters. The fourth-order valence-corrected chi connectivity index (χ4v) is 2.05. The van der Waals surface area contributed by atoms with Crippen molar-refractivity contribution < 1.29 is 4.79 Å². The van der Waals surface area contributed by atoms with Gasteiger partial charge in [0.15, 0.2) is 0 Å². The highest BCUT2D eigenvalue weighted by Gasteiger charge is 2.07. The molecule has 0 unspecified atom stereocenters. The van der Waals surface area contributed by atoms with E-state index in [1.807, 2.05) is 25.3 Å². The lowest BCUT2D eigenvalue weighted by atomic mass is 10.1. The molecule has 5 heteroatoms. The Morgan fingerprint density at radius 2 is 2.15 bits per heavy atom. The highest BCUT2D eigenvalue weighted by molar-refractivity contribution is 5.98. The number of nitrogens with zero attached hydrogens (tertiary/aromatic N) is 2. The zero-order chi connectivity index (χ0) is 14.4. The van der Waals surface area contributed by atoms with Crippen molar-refractivity contribution in [2.45, 2.75) is 26.3 Å². The average Bonchev–Trinajstić information content (AvgIpc) is 2.84. The first-order chi connectivity index (χ1) is 9.68. The smallest absolute Gasteiger partial charge is 0.253 e. The molecule has 3 N–H and O–H groups in total. The minimum Gasteiger partial charge on any atom is -0.398 e. The molecule has 0 radical (unpaired) electrons. The number of nitrogens with one attached hydrogen (secondary N) is 1. The summed E-state index contributed by atoms with van der Waals surface area (Å²) in [6.45, 7) is 3.57. The normalized spacial score (nSPS) is 10.4. The van der Waals surface area contributed by atoms with Crippen LogP contribution in [0.3, 0.4) is 0 Å². The van der Waals surface area contributed by atoms with Gasteiger partial charge in [-0.05, 0) is 31.9 Å². The van der Waals surface area contributed by atoms with E-state index >= 15 is 0 Å². The number of nitrogens with two attached hydrogens (primary N) is 1. The van der Waals surface area contributed by atoms with Gasteiger partial charge in [0, 0.05) is 31.2 Å². The van der Waals surface area contributed by atoms with Gasteiger partial charge < -0.3 is 15.6 Å². The molecule has 0 aliphatic heterocycles. The van der Waals surface area contributed by atoms with Crippen molar-refractivity contribution in [2.75, 3.05) is 12.3 Å². The van der Waals surface area contributed by atoms with Gasteiger partial charge in [0.2, 0.25) is 0 Å². The Morgan fingerprint density at radius 1 is 1.35 bits per heavy atom. The SMILES string of the molecule is Cc1nccn1CCCCNC(=O)c1ccccc1N. The number of rotatable bonds is 6. The van der Waals surface area contributed by atoms with Crippen LogP contribution in [0.2, 0.25) is 0 Å². The number of unbranched alkanes of at least 4 members (excludes halogenated alkanes) is 1. The zero-order valence-corrected chi connectivity index (χ0v) is 11.7. The number of hydrogen-bond donors (Lipinski definition) is 2. The summed E-state index contributed by atoms with van der Waals surface area (Å²) in [5.41, 5.74) is 6.81. The molecule has 0 saturated carbocycles. The fourth-order valence-electron chi connectivity index (χ4n) is 2.05. The first kappa shape index (κ1) is 14.1. The number of hydrogen-bond acceptors (Lipinski definition) is 3. The molecule has 0 fully saturated rings. The highest BCUT2D eigenvalue weighted by Crippen LogP contribution is 2.09. The van der Waals surface area contributed by atoms with Crippen LogP contribution >= 0.6 is 0 Å². The van der Waals surface area contributed by atoms with Crippen LogP contribution in [0.1, 0.15) is 29.0 Å². The van der Waals surface area contributed by atoms with Crippen molar-refractivity contribution in [3.63, 3.8) is 0 Å². The summed E-state index contributed by atoms with van der Waals surface area (Å²) in [4.78, 5) is 16.1. The van der Waals surface area contributed by atoms with E-state index in [2.05, 4.69) is 14.9 Å². The summed E-state index contributed by atoms with van der Waals surface area (Å²) >= 11 is 0. The zero-order valence-electron chi connectivity index (χ0n) is 11.7. The van der Waals surface area contributed by atoms with Crippen LogP contribution in [0.25, 0.3) is 0 Å². The van der Waals surface area contributed by atoms with Crippen LogP contribution in [0.5, 0.6) is 0 Å². The number of carbonyl (C=O) groups excluding carboxylic acids is 1. The summed E-state index contributed by atoms with van der Waals surface area (Å²) in [5.74, 6) is 0.910. The largest absolute Gasteiger partial charge is 0.398 e. The van der Waals surface area contributed by atoms with Crippen LogP contribution in [0, 0.1) is 6.92 Å². The Morgan fingerprint density at radius 3 is 2.85 bits per heavy atom. The summed E-state index contributed by atoms with van der Waals surface area (Å²) in [7, 11) is 0. The number of para-hydroxylation sites is 1. The molecule has 1 aromatic heterocycles. The van der Waals surface area contributed by atoms with Crippen LogP contribution in [0.4, 0.5) is 5.69 Å². The van der Waals surface area contributed by atoms with E-state index in [4.69, 9.17) is 5.73 Å². The molecular weight excluding hydrogens is 252 g/mol. The molecule has 1 amide bonds. The van der Waals surface area contributed by atoms with Crippen LogP contribution in [-0.4, -0.2) is 22.0 Å². The number of carbonyl (C=O) groups is 1. The molecular formula is C15H20N4O. The minimum absolute atomic E-state index is 0.109. The predicted octanol–water partition coefficient (Wildman–Crippen LogP) is 1.98. The van der Waals surface area contributed by atoms with Gasteiger partial charge in [-0.3, -0.25) is 4.79 Å². The van der Waals surface area contributed by atoms with Crippen LogP contribution in [0.15, 0.2) is 36.7 Å². The van der Waals surface area contributed by atoms with Gasteiger partial charge >= 0.3 is 0 Å². The first-order valence-corrected chi connectivity index (χ1v) is 6.79. The van der Waals surface area contributed by atoms with Crippen molar-refractivity contribution in [1.82, 2.24) is 14.9 Å². The van der Waals surface area contributed by atoms with Crippen molar-refractivity contribution >= 4 is 11.6 Å². The number of aryl methyl sites for hydroxylation is 2. The van der Waals surface area contributed by atoms with Gasteiger partial charge in [-0.15, -0.1) is 0 Å². The maximum Gasteiger partial charge on any atom is 0.253 e. The van der Waals surface area contributed by atoms with E-state index in [0.717, 1.165) is 25.2 Å². The van der Waals surface area contributed by atoms with Crippen molar-refractivity contribution in [2.24, 2.45) is 0 Å². The van der Waals surface area contributed by atoms with E-state index in [1.165, 1.54) is 0 Å². The Kier molecular flexibility index (Phi) is 4.76. The van der Waals surface area contributed by atoms with Crippen molar-refractivity contribution in [3.05, 3.63) is 48.0 Å². The molecule has 0 aliphatic rings. The molecule has 0 bridgehead atoms. The van der Waals surface area contributed by atoms with Crippen molar-refractivity contribution in [3.8, 4) is 0 Å². The monoisotopic (exact) mass is 272 g/mol. The second kappa shape index (κ2) is 6.75. The molecule has 2 aromatic rings. The lowest BCUT2D eigenvalue weighted by Crippen LogP contribution is -2.25. The first-order valence-electron chi connectivity index (χ1n) is 6.79. The second-order valence-electron chi connectivity index (χ2n) is 4.72. The van der Waals surface area contributed by atoms with E-state index in [1.54, 1.807) is 18.3 Å². The Hall–Kier alpha value is -2.30. The third-order valence-corrected chi connectivity index (χ3v) is 3.24. The van der Waals surface area contributed by atoms with Gasteiger partial charge in [0.1, 0.15) is 5.82 Å². The molecule has 0 saturated heterocycles. The molecule has 1 heterocycles. The number of imidazole rings is 1. The molecule has 20 heavy (non-hydrogen) atoms. The summed E-state index contributed by atoms with van der Waals surface area (Å²) in [6.07, 6.45) is 5.70. The highest BCUT2D eigenvalue weighted by atomic mass is 16.1. The quantitative estimate of drug-likeness (QED) is 0.624. The number of anilines is 1. The third-order valence-electron chi connectivity index (χ3n) is 3.24. The Labute approximate surface area is 118 Å². The minimum atomic E-state index is -0.109.